The summed E-state index contributed by atoms with van der Waals surface area (Å²) < 4.78 is 10.3. The van der Waals surface area contributed by atoms with Crippen LogP contribution in [0.25, 0.3) is 0 Å². The van der Waals surface area contributed by atoms with Crippen LogP contribution in [0, 0.1) is 0 Å². The number of nitrogens with zero attached hydrogens (tertiary/aromatic N) is 1. The minimum Gasteiger partial charge on any atom is -0.459 e. The van der Waals surface area contributed by atoms with Gasteiger partial charge in [0.1, 0.15) is 12.1 Å². The Kier molecular flexibility index (Phi) is 6.77. The Morgan fingerprint density at radius 2 is 1.65 bits per heavy atom. The zero-order valence-corrected chi connectivity index (χ0v) is 18.2. The standard InChI is InChI=1S/C24H24N4O6/c25-21(29)17(12-15-6-2-1-3-7-15)27-22(30)18-13-16(26-23(31)19-8-4-10-33-19)14-28(18)24(32)20-9-5-11-34-20/h1-11,16-18H,12-14H2,(H2,25,29)(H,26,31)(H,27,30)/t16-,17+,18-/m0/s1. The summed E-state index contributed by atoms with van der Waals surface area (Å²) >= 11 is 0. The van der Waals surface area contributed by atoms with Gasteiger partial charge in [-0.15, -0.1) is 0 Å². The summed E-state index contributed by atoms with van der Waals surface area (Å²) in [6.45, 7) is 0.0734. The number of carbonyl (C=O) groups is 4. The fourth-order valence-electron chi connectivity index (χ4n) is 3.96. The zero-order valence-electron chi connectivity index (χ0n) is 18.2. The van der Waals surface area contributed by atoms with E-state index in [4.69, 9.17) is 14.6 Å². The van der Waals surface area contributed by atoms with Crippen LogP contribution in [0.3, 0.4) is 0 Å². The van der Waals surface area contributed by atoms with Gasteiger partial charge in [-0.05, 0) is 36.2 Å². The van der Waals surface area contributed by atoms with Crippen molar-refractivity contribution in [1.29, 1.82) is 0 Å². The topological polar surface area (TPSA) is 148 Å². The van der Waals surface area contributed by atoms with Crippen molar-refractivity contribution in [3.05, 3.63) is 84.2 Å². The van der Waals surface area contributed by atoms with Crippen LogP contribution in [0.5, 0.6) is 0 Å². The lowest BCUT2D eigenvalue weighted by molar-refractivity contribution is -0.129. The van der Waals surface area contributed by atoms with Gasteiger partial charge in [0.2, 0.25) is 11.8 Å². The van der Waals surface area contributed by atoms with Crippen molar-refractivity contribution in [3.63, 3.8) is 0 Å². The summed E-state index contributed by atoms with van der Waals surface area (Å²) in [7, 11) is 0. The molecule has 1 aliphatic rings. The van der Waals surface area contributed by atoms with Gasteiger partial charge in [0, 0.05) is 19.0 Å². The van der Waals surface area contributed by atoms with Crippen molar-refractivity contribution in [3.8, 4) is 0 Å². The molecule has 0 saturated carbocycles. The molecule has 2 aromatic heterocycles. The minimum atomic E-state index is -0.966. The number of hydrogen-bond acceptors (Lipinski definition) is 6. The number of carbonyl (C=O) groups excluding carboxylic acids is 4. The quantitative estimate of drug-likeness (QED) is 0.455. The number of amides is 4. The first-order valence-corrected chi connectivity index (χ1v) is 10.7. The summed E-state index contributed by atoms with van der Waals surface area (Å²) in [4.78, 5) is 52.0. The summed E-state index contributed by atoms with van der Waals surface area (Å²) in [6.07, 6.45) is 3.09. The van der Waals surface area contributed by atoms with Crippen LogP contribution < -0.4 is 16.4 Å². The molecule has 1 saturated heterocycles. The average molecular weight is 464 g/mol. The fraction of sp³-hybridized carbons (Fsp3) is 0.250. The van der Waals surface area contributed by atoms with Gasteiger partial charge in [-0.2, -0.15) is 0 Å². The first kappa shape index (κ1) is 22.8. The van der Waals surface area contributed by atoms with Gasteiger partial charge in [0.05, 0.1) is 12.5 Å². The van der Waals surface area contributed by atoms with E-state index in [2.05, 4.69) is 10.6 Å². The highest BCUT2D eigenvalue weighted by Gasteiger charge is 2.42. The zero-order chi connectivity index (χ0) is 24.1. The molecule has 0 radical (unpaired) electrons. The Morgan fingerprint density at radius 3 is 2.26 bits per heavy atom. The van der Waals surface area contributed by atoms with Crippen molar-refractivity contribution < 1.29 is 28.0 Å². The van der Waals surface area contributed by atoms with E-state index in [0.29, 0.717) is 0 Å². The monoisotopic (exact) mass is 464 g/mol. The second kappa shape index (κ2) is 10.1. The SMILES string of the molecule is NC(=O)[C@@H](Cc1ccccc1)NC(=O)[C@@H]1C[C@H](NC(=O)c2ccco2)CN1C(=O)c1ccco1. The van der Waals surface area contributed by atoms with Gasteiger partial charge in [-0.25, -0.2) is 0 Å². The molecule has 0 spiro atoms. The third kappa shape index (κ3) is 5.17. The van der Waals surface area contributed by atoms with Crippen molar-refractivity contribution in [2.24, 2.45) is 5.73 Å². The second-order valence-corrected chi connectivity index (χ2v) is 7.99. The van der Waals surface area contributed by atoms with E-state index in [1.807, 2.05) is 30.3 Å². The van der Waals surface area contributed by atoms with Crippen molar-refractivity contribution >= 4 is 23.6 Å². The summed E-state index contributed by atoms with van der Waals surface area (Å²) in [5.41, 5.74) is 6.36. The molecule has 3 aromatic rings. The molecular formula is C24H24N4O6. The highest BCUT2D eigenvalue weighted by molar-refractivity contribution is 5.97. The number of primary amides is 1. The van der Waals surface area contributed by atoms with Crippen LogP contribution in [0.2, 0.25) is 0 Å². The van der Waals surface area contributed by atoms with Gasteiger partial charge in [0.15, 0.2) is 11.5 Å². The van der Waals surface area contributed by atoms with Gasteiger partial charge < -0.3 is 30.1 Å². The van der Waals surface area contributed by atoms with Crippen molar-refractivity contribution in [2.45, 2.75) is 31.0 Å². The molecule has 1 fully saturated rings. The Hall–Kier alpha value is -4.34. The van der Waals surface area contributed by atoms with Crippen LogP contribution >= 0.6 is 0 Å². The number of hydrogen-bond donors (Lipinski definition) is 3. The third-order valence-electron chi connectivity index (χ3n) is 5.62. The summed E-state index contributed by atoms with van der Waals surface area (Å²) in [5, 5.41) is 5.45. The number of rotatable bonds is 8. The van der Waals surface area contributed by atoms with Crippen LogP contribution in [0.15, 0.2) is 76.0 Å². The fourth-order valence-corrected chi connectivity index (χ4v) is 3.96. The molecule has 0 bridgehead atoms. The maximum Gasteiger partial charge on any atom is 0.290 e. The Balaban J connectivity index is 1.50. The van der Waals surface area contributed by atoms with E-state index in [1.165, 1.54) is 29.6 Å². The van der Waals surface area contributed by atoms with Gasteiger partial charge in [0.25, 0.3) is 11.8 Å². The molecule has 4 amide bonds. The number of furan rings is 2. The molecule has 0 unspecified atom stereocenters. The number of nitrogens with two attached hydrogens (primary N) is 1. The molecule has 3 atom stereocenters. The van der Waals surface area contributed by atoms with Gasteiger partial charge in [-0.3, -0.25) is 19.2 Å². The maximum atomic E-state index is 13.2. The lowest BCUT2D eigenvalue weighted by Crippen LogP contribution is -2.53. The van der Waals surface area contributed by atoms with E-state index < -0.39 is 41.8 Å². The van der Waals surface area contributed by atoms with Crippen LogP contribution in [0.1, 0.15) is 33.1 Å². The Morgan fingerprint density at radius 1 is 0.971 bits per heavy atom. The number of likely N-dealkylation sites (tertiary alicyclic amines) is 1. The molecular weight excluding hydrogens is 440 g/mol. The lowest BCUT2D eigenvalue weighted by atomic mass is 10.0. The molecule has 10 heteroatoms. The smallest absolute Gasteiger partial charge is 0.290 e. The first-order valence-electron chi connectivity index (χ1n) is 10.7. The number of benzene rings is 1. The van der Waals surface area contributed by atoms with Crippen molar-refractivity contribution in [1.82, 2.24) is 15.5 Å². The second-order valence-electron chi connectivity index (χ2n) is 7.99. The predicted molar refractivity (Wildman–Crippen MR) is 119 cm³/mol. The molecule has 1 aromatic carbocycles. The third-order valence-corrected chi connectivity index (χ3v) is 5.62. The molecule has 1 aliphatic heterocycles. The first-order chi connectivity index (χ1) is 16.4. The molecule has 176 valence electrons. The molecule has 34 heavy (non-hydrogen) atoms. The highest BCUT2D eigenvalue weighted by Crippen LogP contribution is 2.22. The van der Waals surface area contributed by atoms with E-state index in [-0.39, 0.29) is 30.9 Å². The molecule has 4 rings (SSSR count). The van der Waals surface area contributed by atoms with E-state index in [1.54, 1.807) is 12.1 Å². The lowest BCUT2D eigenvalue weighted by Gasteiger charge is -2.25. The molecule has 3 heterocycles. The van der Waals surface area contributed by atoms with E-state index in [9.17, 15) is 19.2 Å². The average Bonchev–Trinajstić information content (AvgIpc) is 3.60. The summed E-state index contributed by atoms with van der Waals surface area (Å²) in [5.74, 6) is -2.02. The van der Waals surface area contributed by atoms with E-state index in [0.717, 1.165) is 5.56 Å². The Bertz CT molecular complexity index is 1140. The minimum absolute atomic E-state index is 0.0616. The largest absolute Gasteiger partial charge is 0.459 e. The van der Waals surface area contributed by atoms with Crippen LogP contribution in [-0.2, 0) is 16.0 Å². The number of nitrogens with one attached hydrogen (secondary N) is 2. The molecule has 0 aliphatic carbocycles. The van der Waals surface area contributed by atoms with Crippen molar-refractivity contribution in [2.75, 3.05) is 6.54 Å². The van der Waals surface area contributed by atoms with Gasteiger partial charge >= 0.3 is 0 Å². The van der Waals surface area contributed by atoms with Gasteiger partial charge in [-0.1, -0.05) is 30.3 Å². The van der Waals surface area contributed by atoms with E-state index >= 15 is 0 Å². The maximum absolute atomic E-state index is 13.2. The van der Waals surface area contributed by atoms with Crippen LogP contribution in [0.4, 0.5) is 0 Å². The molecule has 10 nitrogen and oxygen atoms in total. The van der Waals surface area contributed by atoms with Crippen LogP contribution in [-0.4, -0.2) is 53.2 Å². The molecule has 4 N–H and O–H groups in total. The highest BCUT2D eigenvalue weighted by atomic mass is 16.3. The predicted octanol–water partition coefficient (Wildman–Crippen LogP) is 1.10. The Labute approximate surface area is 195 Å². The summed E-state index contributed by atoms with van der Waals surface area (Å²) in [6, 6.07) is 12.9. The normalized spacial score (nSPS) is 18.3.